The first-order chi connectivity index (χ1) is 21.9. The maximum atomic E-state index is 14.2. The number of likely N-dealkylation sites (tertiary alicyclic amines) is 1. The van der Waals surface area contributed by atoms with E-state index in [1.807, 2.05) is 24.8 Å². The number of rotatable bonds is 7. The maximum absolute atomic E-state index is 14.2. The molecule has 0 saturated carbocycles. The SMILES string of the molecule is Cc1ccc(S(=O)(=O)n2c(C(=O)c3cnn(-c4ccc5[nH]c(C)nc5c4)c3N)cc3cc(CN4CCC(F)(F)CC4)ccc32)cc1. The standard InChI is InChI=1S/C33H31F2N7O3S/c1-20-3-7-25(8-4-20)46(44,45)42-29-10-5-22(19-40-13-11-33(34,35)12-14-40)15-23(29)16-30(42)31(43)26-18-37-41(32(26)36)24-6-9-27-28(17-24)39-21(2)38-27/h3-10,15-18H,11-14,19,36H2,1-2H3,(H,38,39). The van der Waals surface area contributed by atoms with Crippen LogP contribution in [0, 0.1) is 13.8 Å². The molecule has 0 amide bonds. The quantitative estimate of drug-likeness (QED) is 0.217. The number of carbonyl (C=O) groups is 1. The van der Waals surface area contributed by atoms with Crippen molar-refractivity contribution in [1.82, 2.24) is 28.6 Å². The molecule has 46 heavy (non-hydrogen) atoms. The van der Waals surface area contributed by atoms with Crippen molar-refractivity contribution in [2.24, 2.45) is 0 Å². The van der Waals surface area contributed by atoms with Gasteiger partial charge in [-0.15, -0.1) is 0 Å². The van der Waals surface area contributed by atoms with E-state index in [1.165, 1.54) is 29.1 Å². The molecule has 0 aliphatic carbocycles. The number of halogens is 2. The lowest BCUT2D eigenvalue weighted by molar-refractivity contribution is -0.0566. The number of alkyl halides is 2. The highest BCUT2D eigenvalue weighted by Crippen LogP contribution is 2.32. The number of aryl methyl sites for hydroxylation is 2. The molecule has 0 unspecified atom stereocenters. The Labute approximate surface area is 263 Å². The molecule has 1 aliphatic rings. The number of nitrogen functional groups attached to an aromatic ring is 1. The van der Waals surface area contributed by atoms with E-state index < -0.39 is 21.7 Å². The monoisotopic (exact) mass is 643 g/mol. The molecule has 3 N–H and O–H groups in total. The summed E-state index contributed by atoms with van der Waals surface area (Å²) in [5.74, 6) is -2.48. The molecular formula is C33H31F2N7O3S. The van der Waals surface area contributed by atoms with Crippen molar-refractivity contribution in [2.45, 2.75) is 44.1 Å². The second kappa shape index (κ2) is 10.9. The third-order valence-corrected chi connectivity index (χ3v) is 10.2. The van der Waals surface area contributed by atoms with E-state index in [9.17, 15) is 22.0 Å². The van der Waals surface area contributed by atoms with Crippen LogP contribution in [-0.4, -0.2) is 61.8 Å². The van der Waals surface area contributed by atoms with Gasteiger partial charge in [0.25, 0.3) is 15.9 Å². The van der Waals surface area contributed by atoms with E-state index in [1.54, 1.807) is 42.5 Å². The molecular weight excluding hydrogens is 612 g/mol. The molecule has 1 saturated heterocycles. The highest BCUT2D eigenvalue weighted by atomic mass is 32.2. The van der Waals surface area contributed by atoms with E-state index in [0.717, 1.165) is 26.4 Å². The van der Waals surface area contributed by atoms with E-state index >= 15 is 0 Å². The van der Waals surface area contributed by atoms with E-state index in [4.69, 9.17) is 5.73 Å². The summed E-state index contributed by atoms with van der Waals surface area (Å²) >= 11 is 0. The number of benzene rings is 3. The number of fused-ring (bicyclic) bond motifs is 2. The number of aromatic amines is 1. The fourth-order valence-electron chi connectivity index (χ4n) is 6.00. The maximum Gasteiger partial charge on any atom is 0.268 e. The number of anilines is 1. The molecule has 0 spiro atoms. The van der Waals surface area contributed by atoms with Crippen molar-refractivity contribution in [3.63, 3.8) is 0 Å². The Hall–Kier alpha value is -4.88. The summed E-state index contributed by atoms with van der Waals surface area (Å²) < 4.78 is 58.2. The molecule has 0 atom stereocenters. The average Bonchev–Trinajstić information content (AvgIpc) is 3.71. The highest BCUT2D eigenvalue weighted by Gasteiger charge is 2.34. The van der Waals surface area contributed by atoms with Crippen LogP contribution in [0.1, 0.15) is 45.8 Å². The molecule has 7 rings (SSSR count). The van der Waals surface area contributed by atoms with Crippen LogP contribution >= 0.6 is 0 Å². The number of nitrogens with zero attached hydrogens (tertiary/aromatic N) is 5. The van der Waals surface area contributed by atoms with Gasteiger partial charge in [0.1, 0.15) is 17.3 Å². The second-order valence-corrected chi connectivity index (χ2v) is 13.6. The molecule has 3 aromatic carbocycles. The Morgan fingerprint density at radius 1 is 1.00 bits per heavy atom. The Bertz CT molecular complexity index is 2240. The minimum absolute atomic E-state index is 0.0224. The zero-order valence-electron chi connectivity index (χ0n) is 25.2. The minimum atomic E-state index is -4.23. The summed E-state index contributed by atoms with van der Waals surface area (Å²) in [7, 11) is -4.23. The molecule has 236 valence electrons. The first kappa shape index (κ1) is 29.8. The van der Waals surface area contributed by atoms with E-state index in [0.29, 0.717) is 28.7 Å². The van der Waals surface area contributed by atoms with Gasteiger partial charge in [-0.25, -0.2) is 30.8 Å². The lowest BCUT2D eigenvalue weighted by Crippen LogP contribution is -2.38. The van der Waals surface area contributed by atoms with Gasteiger partial charge in [0.05, 0.1) is 38.9 Å². The highest BCUT2D eigenvalue weighted by molar-refractivity contribution is 7.90. The summed E-state index contributed by atoms with van der Waals surface area (Å²) in [5.41, 5.74) is 10.6. The Morgan fingerprint density at radius 3 is 2.48 bits per heavy atom. The lowest BCUT2D eigenvalue weighted by Gasteiger charge is -2.31. The summed E-state index contributed by atoms with van der Waals surface area (Å²) in [4.78, 5) is 23.8. The van der Waals surface area contributed by atoms with Gasteiger partial charge in [0.15, 0.2) is 0 Å². The van der Waals surface area contributed by atoms with Crippen molar-refractivity contribution in [1.29, 1.82) is 0 Å². The topological polar surface area (TPSA) is 132 Å². The lowest BCUT2D eigenvalue weighted by atomic mass is 10.1. The van der Waals surface area contributed by atoms with Gasteiger partial charge in [-0.05, 0) is 67.9 Å². The van der Waals surface area contributed by atoms with Crippen LogP contribution in [0.2, 0.25) is 0 Å². The first-order valence-electron chi connectivity index (χ1n) is 14.8. The van der Waals surface area contributed by atoms with Crippen LogP contribution in [0.15, 0.2) is 77.8 Å². The molecule has 3 aromatic heterocycles. The van der Waals surface area contributed by atoms with Crippen LogP contribution in [0.3, 0.4) is 0 Å². The molecule has 4 heterocycles. The number of nitrogens with one attached hydrogen (secondary N) is 1. The van der Waals surface area contributed by atoms with Crippen LogP contribution in [-0.2, 0) is 16.6 Å². The van der Waals surface area contributed by atoms with Gasteiger partial charge in [0.2, 0.25) is 5.78 Å². The molecule has 1 fully saturated rings. The molecule has 1 aliphatic heterocycles. The zero-order chi connectivity index (χ0) is 32.4. The summed E-state index contributed by atoms with van der Waals surface area (Å²) in [6, 6.07) is 18.6. The molecule has 10 nitrogen and oxygen atoms in total. The number of ketones is 1. The number of piperidine rings is 1. The van der Waals surface area contributed by atoms with Gasteiger partial charge in [0, 0.05) is 37.9 Å². The predicted octanol–water partition coefficient (Wildman–Crippen LogP) is 5.60. The van der Waals surface area contributed by atoms with Crippen molar-refractivity contribution >= 4 is 43.6 Å². The van der Waals surface area contributed by atoms with Gasteiger partial charge >= 0.3 is 0 Å². The number of imidazole rings is 1. The van der Waals surface area contributed by atoms with Crippen LogP contribution < -0.4 is 5.73 Å². The zero-order valence-corrected chi connectivity index (χ0v) is 26.0. The number of hydrogen-bond acceptors (Lipinski definition) is 7. The van der Waals surface area contributed by atoms with Crippen LogP contribution in [0.5, 0.6) is 0 Å². The molecule has 13 heteroatoms. The minimum Gasteiger partial charge on any atom is -0.383 e. The summed E-state index contributed by atoms with van der Waals surface area (Å²) in [6.07, 6.45) is 0.919. The van der Waals surface area contributed by atoms with E-state index in [2.05, 4.69) is 15.1 Å². The largest absolute Gasteiger partial charge is 0.383 e. The van der Waals surface area contributed by atoms with Crippen molar-refractivity contribution in [3.05, 3.63) is 101 Å². The predicted molar refractivity (Wildman–Crippen MR) is 171 cm³/mol. The number of nitrogens with two attached hydrogens (primary N) is 1. The van der Waals surface area contributed by atoms with Gasteiger partial charge in [-0.2, -0.15) is 5.10 Å². The Morgan fingerprint density at radius 2 is 1.74 bits per heavy atom. The number of aromatic nitrogens is 5. The van der Waals surface area contributed by atoms with Crippen LogP contribution in [0.25, 0.3) is 27.6 Å². The molecule has 0 bridgehead atoms. The van der Waals surface area contributed by atoms with Crippen molar-refractivity contribution in [3.8, 4) is 5.69 Å². The number of H-pyrrole nitrogens is 1. The van der Waals surface area contributed by atoms with Gasteiger partial charge in [-0.1, -0.05) is 23.8 Å². The number of carbonyl (C=O) groups excluding carboxylic acids is 1. The summed E-state index contributed by atoms with van der Waals surface area (Å²) in [6.45, 7) is 4.64. The van der Waals surface area contributed by atoms with Crippen molar-refractivity contribution < 1.29 is 22.0 Å². The van der Waals surface area contributed by atoms with E-state index in [-0.39, 0.29) is 47.9 Å². The number of hydrogen-bond donors (Lipinski definition) is 2. The van der Waals surface area contributed by atoms with Gasteiger partial charge in [-0.3, -0.25) is 9.69 Å². The fraction of sp³-hybridized carbons (Fsp3) is 0.242. The fourth-order valence-corrected chi connectivity index (χ4v) is 7.51. The summed E-state index contributed by atoms with van der Waals surface area (Å²) in [5, 5.41) is 4.88. The Kier molecular flexibility index (Phi) is 7.05. The Balaban J connectivity index is 1.31. The van der Waals surface area contributed by atoms with Gasteiger partial charge < -0.3 is 10.7 Å². The third-order valence-electron chi connectivity index (χ3n) is 8.49. The molecule has 0 radical (unpaired) electrons. The smallest absolute Gasteiger partial charge is 0.268 e. The molecule has 6 aromatic rings. The first-order valence-corrected chi connectivity index (χ1v) is 16.3. The average molecular weight is 644 g/mol. The third kappa shape index (κ3) is 5.24. The van der Waals surface area contributed by atoms with Crippen LogP contribution in [0.4, 0.5) is 14.6 Å². The normalized spacial score (nSPS) is 15.6. The second-order valence-electron chi connectivity index (χ2n) is 11.8. The van der Waals surface area contributed by atoms with Crippen molar-refractivity contribution in [2.75, 3.05) is 18.8 Å².